The first-order valence-corrected chi connectivity index (χ1v) is 13.7. The molecule has 2 aromatic heterocycles. The summed E-state index contributed by atoms with van der Waals surface area (Å²) in [7, 11) is 0. The number of nitrogens with one attached hydrogen (secondary N) is 1. The third kappa shape index (κ3) is 5.03. The monoisotopic (exact) mass is 514 g/mol. The van der Waals surface area contributed by atoms with E-state index in [2.05, 4.69) is 56.6 Å². The van der Waals surface area contributed by atoms with Crippen molar-refractivity contribution in [3.63, 3.8) is 0 Å². The molecule has 3 heterocycles. The van der Waals surface area contributed by atoms with Crippen LogP contribution in [0.1, 0.15) is 62.0 Å². The number of hydrogen-bond acceptors (Lipinski definition) is 7. The molecule has 6 rings (SSSR count). The predicted molar refractivity (Wildman–Crippen MR) is 144 cm³/mol. The summed E-state index contributed by atoms with van der Waals surface area (Å²) in [5, 5.41) is 13.9. The number of rotatable bonds is 9. The van der Waals surface area contributed by atoms with Crippen LogP contribution in [0.15, 0.2) is 53.3 Å². The summed E-state index contributed by atoms with van der Waals surface area (Å²) in [5.41, 5.74) is 2.68. The molecular weight excluding hydrogens is 480 g/mol. The fourth-order valence-corrected chi connectivity index (χ4v) is 5.89. The van der Waals surface area contributed by atoms with Crippen molar-refractivity contribution in [1.29, 1.82) is 0 Å². The van der Waals surface area contributed by atoms with E-state index < -0.39 is 0 Å². The number of ether oxygens (including phenoxy) is 2. The van der Waals surface area contributed by atoms with Gasteiger partial charge < -0.3 is 14.5 Å². The SMILES string of the molecule is CC[C@H](c1nnnn1CCc1ccccc1)N(Cc1cc2cc3c(cc2[nH]c1=O)OCCO3)C1CCCC1. The summed E-state index contributed by atoms with van der Waals surface area (Å²) >= 11 is 0. The Morgan fingerprint density at radius 1 is 1.08 bits per heavy atom. The van der Waals surface area contributed by atoms with Crippen LogP contribution < -0.4 is 15.0 Å². The fraction of sp³-hybridized carbons (Fsp3) is 0.448. The van der Waals surface area contributed by atoms with E-state index >= 15 is 0 Å². The molecule has 0 spiro atoms. The van der Waals surface area contributed by atoms with Gasteiger partial charge in [-0.05, 0) is 53.8 Å². The molecule has 4 aromatic rings. The van der Waals surface area contributed by atoms with Crippen LogP contribution in [-0.2, 0) is 19.5 Å². The van der Waals surface area contributed by atoms with Crippen molar-refractivity contribution in [2.24, 2.45) is 0 Å². The summed E-state index contributed by atoms with van der Waals surface area (Å²) in [6.45, 7) is 4.47. The van der Waals surface area contributed by atoms with E-state index in [0.29, 0.717) is 38.1 Å². The molecule has 1 atom stereocenters. The highest BCUT2D eigenvalue weighted by Crippen LogP contribution is 2.36. The van der Waals surface area contributed by atoms with E-state index in [9.17, 15) is 4.79 Å². The average molecular weight is 515 g/mol. The summed E-state index contributed by atoms with van der Waals surface area (Å²) in [6.07, 6.45) is 6.35. The van der Waals surface area contributed by atoms with Crippen LogP contribution in [0.25, 0.3) is 10.9 Å². The topological polar surface area (TPSA) is 98.2 Å². The normalized spacial score (nSPS) is 16.4. The third-order valence-corrected chi connectivity index (χ3v) is 7.83. The quantitative estimate of drug-likeness (QED) is 0.353. The Labute approximate surface area is 221 Å². The van der Waals surface area contributed by atoms with Crippen LogP contribution in [0.4, 0.5) is 0 Å². The van der Waals surface area contributed by atoms with Crippen molar-refractivity contribution in [3.8, 4) is 11.5 Å². The van der Waals surface area contributed by atoms with Gasteiger partial charge in [0.15, 0.2) is 17.3 Å². The molecule has 0 bridgehead atoms. The Morgan fingerprint density at radius 3 is 2.61 bits per heavy atom. The molecule has 1 aliphatic heterocycles. The van der Waals surface area contributed by atoms with Gasteiger partial charge in [-0.3, -0.25) is 9.69 Å². The average Bonchev–Trinajstić information content (AvgIpc) is 3.64. The van der Waals surface area contributed by atoms with Crippen LogP contribution in [0, 0.1) is 0 Å². The minimum Gasteiger partial charge on any atom is -0.486 e. The largest absolute Gasteiger partial charge is 0.486 e. The van der Waals surface area contributed by atoms with Crippen LogP contribution >= 0.6 is 0 Å². The molecule has 198 valence electrons. The maximum Gasteiger partial charge on any atom is 0.252 e. The number of hydrogen-bond donors (Lipinski definition) is 1. The van der Waals surface area contributed by atoms with Crippen molar-refractivity contribution in [2.75, 3.05) is 13.2 Å². The Kier molecular flexibility index (Phi) is 7.09. The summed E-state index contributed by atoms with van der Waals surface area (Å²) in [4.78, 5) is 18.8. The molecule has 0 saturated heterocycles. The maximum atomic E-state index is 13.3. The summed E-state index contributed by atoms with van der Waals surface area (Å²) in [6, 6.07) is 16.6. The molecule has 1 N–H and O–H groups in total. The minimum atomic E-state index is -0.0734. The zero-order chi connectivity index (χ0) is 25.9. The lowest BCUT2D eigenvalue weighted by Gasteiger charge is -2.35. The Morgan fingerprint density at radius 2 is 1.84 bits per heavy atom. The third-order valence-electron chi connectivity index (χ3n) is 7.83. The summed E-state index contributed by atoms with van der Waals surface area (Å²) in [5.74, 6) is 2.26. The van der Waals surface area contributed by atoms with Gasteiger partial charge in [0.25, 0.3) is 5.56 Å². The lowest BCUT2D eigenvalue weighted by Crippen LogP contribution is -2.39. The molecule has 2 aromatic carbocycles. The van der Waals surface area contributed by atoms with E-state index in [1.165, 1.54) is 18.4 Å². The predicted octanol–water partition coefficient (Wildman–Crippen LogP) is 4.42. The van der Waals surface area contributed by atoms with Crippen molar-refractivity contribution in [2.45, 2.75) is 70.6 Å². The van der Waals surface area contributed by atoms with Gasteiger partial charge in [-0.1, -0.05) is 50.1 Å². The molecule has 9 heteroatoms. The first-order chi connectivity index (χ1) is 18.7. The number of aromatic nitrogens is 5. The van der Waals surface area contributed by atoms with E-state index in [1.54, 1.807) is 0 Å². The Hall–Kier alpha value is -3.72. The lowest BCUT2D eigenvalue weighted by atomic mass is 10.0. The number of pyridine rings is 1. The highest BCUT2D eigenvalue weighted by atomic mass is 16.6. The molecule has 0 unspecified atom stereocenters. The molecule has 1 fully saturated rings. The maximum absolute atomic E-state index is 13.3. The van der Waals surface area contributed by atoms with Gasteiger partial charge in [0, 0.05) is 36.1 Å². The zero-order valence-corrected chi connectivity index (χ0v) is 21.8. The van der Waals surface area contributed by atoms with Crippen molar-refractivity contribution in [1.82, 2.24) is 30.1 Å². The molecule has 1 saturated carbocycles. The van der Waals surface area contributed by atoms with Gasteiger partial charge in [0.1, 0.15) is 13.2 Å². The van der Waals surface area contributed by atoms with Crippen molar-refractivity contribution < 1.29 is 9.47 Å². The van der Waals surface area contributed by atoms with E-state index in [0.717, 1.165) is 53.7 Å². The molecular formula is C29H34N6O3. The molecule has 1 aliphatic carbocycles. The minimum absolute atomic E-state index is 0.0132. The summed E-state index contributed by atoms with van der Waals surface area (Å²) < 4.78 is 13.4. The Balaban J connectivity index is 1.31. The van der Waals surface area contributed by atoms with Gasteiger partial charge in [0.2, 0.25) is 0 Å². The van der Waals surface area contributed by atoms with Gasteiger partial charge in [-0.25, -0.2) is 4.68 Å². The van der Waals surface area contributed by atoms with Crippen LogP contribution in [0.5, 0.6) is 11.5 Å². The number of tetrazole rings is 1. The molecule has 2 aliphatic rings. The van der Waals surface area contributed by atoms with E-state index in [4.69, 9.17) is 9.47 Å². The first-order valence-electron chi connectivity index (χ1n) is 13.7. The number of fused-ring (bicyclic) bond motifs is 2. The highest BCUT2D eigenvalue weighted by Gasteiger charge is 2.32. The van der Waals surface area contributed by atoms with Crippen LogP contribution in [0.3, 0.4) is 0 Å². The van der Waals surface area contributed by atoms with Gasteiger partial charge >= 0.3 is 0 Å². The second-order valence-electron chi connectivity index (χ2n) is 10.2. The standard InChI is InChI=1S/C29H34N6O3/c1-2-25(28-31-32-33-35(28)13-12-20-8-4-3-5-9-20)34(23-10-6-7-11-23)19-22-16-21-17-26-27(38-15-14-37-26)18-24(21)30-29(22)36/h3-5,8-9,16-18,23,25H,2,6-7,10-15,19H2,1H3,(H,30,36)/t25-/m1/s1. The zero-order valence-electron chi connectivity index (χ0n) is 21.8. The smallest absolute Gasteiger partial charge is 0.252 e. The van der Waals surface area contributed by atoms with Gasteiger partial charge in [-0.2, -0.15) is 0 Å². The van der Waals surface area contributed by atoms with Crippen LogP contribution in [-0.4, -0.2) is 49.3 Å². The molecule has 9 nitrogen and oxygen atoms in total. The molecule has 0 radical (unpaired) electrons. The van der Waals surface area contributed by atoms with Crippen LogP contribution in [0.2, 0.25) is 0 Å². The van der Waals surface area contributed by atoms with E-state index in [1.807, 2.05) is 28.9 Å². The van der Waals surface area contributed by atoms with Crippen molar-refractivity contribution >= 4 is 10.9 Å². The first kappa shape index (κ1) is 24.6. The number of nitrogens with zero attached hydrogens (tertiary/aromatic N) is 5. The number of aryl methyl sites for hydroxylation is 2. The highest BCUT2D eigenvalue weighted by molar-refractivity contribution is 5.83. The Bertz CT molecular complexity index is 1440. The molecule has 0 amide bonds. The second kappa shape index (κ2) is 10.9. The van der Waals surface area contributed by atoms with E-state index in [-0.39, 0.29) is 11.6 Å². The molecule has 38 heavy (non-hydrogen) atoms. The number of H-pyrrole nitrogens is 1. The van der Waals surface area contributed by atoms with Crippen molar-refractivity contribution in [3.05, 3.63) is 75.8 Å². The van der Waals surface area contributed by atoms with Gasteiger partial charge in [0.05, 0.1) is 11.6 Å². The second-order valence-corrected chi connectivity index (χ2v) is 10.2. The fourth-order valence-electron chi connectivity index (χ4n) is 5.89. The van der Waals surface area contributed by atoms with Gasteiger partial charge in [-0.15, -0.1) is 5.10 Å². The number of aromatic amines is 1. The number of benzene rings is 2. The lowest BCUT2D eigenvalue weighted by molar-refractivity contribution is 0.112.